The van der Waals surface area contributed by atoms with Crippen molar-refractivity contribution in [1.82, 2.24) is 4.72 Å². The lowest BCUT2D eigenvalue weighted by Crippen LogP contribution is -2.33. The Bertz CT molecular complexity index is 724. The lowest BCUT2D eigenvalue weighted by Gasteiger charge is -2.18. The highest BCUT2D eigenvalue weighted by atomic mass is 35.7. The Morgan fingerprint density at radius 3 is 2.05 bits per heavy atom. The maximum atomic E-state index is 12.3. The fourth-order valence-corrected chi connectivity index (χ4v) is 4.65. The van der Waals surface area contributed by atoms with E-state index in [1.165, 1.54) is 24.3 Å². The van der Waals surface area contributed by atoms with Gasteiger partial charge in [0.1, 0.15) is 0 Å². The Morgan fingerprint density at radius 1 is 1.10 bits per heavy atom. The highest BCUT2D eigenvalue weighted by molar-refractivity contribution is 8.13. The topological polar surface area (TPSA) is 80.3 Å². The third-order valence-electron chi connectivity index (χ3n) is 3.71. The molecule has 1 N–H and O–H groups in total. The van der Waals surface area contributed by atoms with E-state index in [-0.39, 0.29) is 21.2 Å². The minimum atomic E-state index is -3.85. The minimum Gasteiger partial charge on any atom is -0.208 e. The van der Waals surface area contributed by atoms with Crippen LogP contribution >= 0.6 is 10.7 Å². The lowest BCUT2D eigenvalue weighted by molar-refractivity contribution is 0.372. The number of rotatable bonds is 4. The third kappa shape index (κ3) is 4.18. The zero-order valence-corrected chi connectivity index (χ0v) is 14.2. The first-order chi connectivity index (χ1) is 9.50. The molecule has 1 unspecified atom stereocenters. The molecule has 5 nitrogen and oxygen atoms in total. The quantitative estimate of drug-likeness (QED) is 0.845. The second-order valence-corrected chi connectivity index (χ2v) is 10.4. The Balaban J connectivity index is 2.17. The van der Waals surface area contributed by atoms with Crippen molar-refractivity contribution in [2.45, 2.75) is 48.9 Å². The van der Waals surface area contributed by atoms with Gasteiger partial charge in [0.25, 0.3) is 9.05 Å². The maximum absolute atomic E-state index is 12.3. The summed E-state index contributed by atoms with van der Waals surface area (Å²) in [5.41, 5.74) is 0.143. The monoisotopic (exact) mass is 351 g/mol. The van der Waals surface area contributed by atoms with Crippen LogP contribution in [0.25, 0.3) is 0 Å². The van der Waals surface area contributed by atoms with Gasteiger partial charge in [0, 0.05) is 16.7 Å². The van der Waals surface area contributed by atoms with Gasteiger partial charge in [-0.1, -0.05) is 13.8 Å². The van der Waals surface area contributed by atoms with Gasteiger partial charge in [-0.25, -0.2) is 21.6 Å². The highest BCUT2D eigenvalue weighted by Crippen LogP contribution is 2.37. The summed E-state index contributed by atoms with van der Waals surface area (Å²) < 4.78 is 49.5. The fourth-order valence-electron chi connectivity index (χ4n) is 2.61. The first-order valence-corrected chi connectivity index (χ1v) is 10.4. The summed E-state index contributed by atoms with van der Waals surface area (Å²) >= 11 is 0. The number of hydrogen-bond acceptors (Lipinski definition) is 4. The van der Waals surface area contributed by atoms with Crippen molar-refractivity contribution in [3.8, 4) is 0 Å². The second-order valence-electron chi connectivity index (χ2n) is 6.13. The molecule has 118 valence electrons. The molecule has 1 atom stereocenters. The zero-order chi connectivity index (χ0) is 15.9. The number of sulfonamides is 1. The minimum absolute atomic E-state index is 0.0382. The van der Waals surface area contributed by atoms with Crippen LogP contribution in [-0.4, -0.2) is 22.9 Å². The van der Waals surface area contributed by atoms with Gasteiger partial charge in [-0.15, -0.1) is 0 Å². The van der Waals surface area contributed by atoms with Crippen molar-refractivity contribution in [3.63, 3.8) is 0 Å². The predicted octanol–water partition coefficient (Wildman–Crippen LogP) is 2.47. The molecule has 0 amide bonds. The van der Waals surface area contributed by atoms with Crippen LogP contribution in [0.1, 0.15) is 33.1 Å². The third-order valence-corrected chi connectivity index (χ3v) is 6.61. The van der Waals surface area contributed by atoms with Crippen LogP contribution in [0.4, 0.5) is 0 Å². The van der Waals surface area contributed by atoms with Gasteiger partial charge in [0.05, 0.1) is 9.79 Å². The average molecular weight is 352 g/mol. The van der Waals surface area contributed by atoms with Crippen LogP contribution in [0.3, 0.4) is 0 Å². The van der Waals surface area contributed by atoms with Crippen molar-refractivity contribution in [3.05, 3.63) is 24.3 Å². The number of hydrogen-bond donors (Lipinski definition) is 1. The summed E-state index contributed by atoms with van der Waals surface area (Å²) in [7, 11) is -2.29. The molecule has 1 aromatic rings. The van der Waals surface area contributed by atoms with E-state index in [4.69, 9.17) is 10.7 Å². The van der Waals surface area contributed by atoms with E-state index in [0.29, 0.717) is 0 Å². The Hall–Kier alpha value is -0.630. The van der Waals surface area contributed by atoms with Crippen molar-refractivity contribution in [2.24, 2.45) is 5.41 Å². The molecule has 0 heterocycles. The molecular weight excluding hydrogens is 334 g/mol. The molecule has 1 saturated carbocycles. The molecule has 8 heteroatoms. The highest BCUT2D eigenvalue weighted by Gasteiger charge is 2.33. The lowest BCUT2D eigenvalue weighted by atomic mass is 9.92. The maximum Gasteiger partial charge on any atom is 0.261 e. The average Bonchev–Trinajstić information content (AvgIpc) is 2.67. The van der Waals surface area contributed by atoms with Gasteiger partial charge in [-0.2, -0.15) is 0 Å². The normalized spacial score (nSPS) is 22.3. The smallest absolute Gasteiger partial charge is 0.208 e. The molecule has 1 aromatic carbocycles. The summed E-state index contributed by atoms with van der Waals surface area (Å²) in [4.78, 5) is -0.0820. The Kier molecular flexibility index (Phi) is 4.41. The molecule has 0 aliphatic heterocycles. The molecule has 2 rings (SSSR count). The first-order valence-electron chi connectivity index (χ1n) is 6.57. The van der Waals surface area contributed by atoms with E-state index in [9.17, 15) is 16.8 Å². The van der Waals surface area contributed by atoms with Crippen LogP contribution in [0.15, 0.2) is 34.1 Å². The fraction of sp³-hybridized carbons (Fsp3) is 0.538. The summed E-state index contributed by atoms with van der Waals surface area (Å²) in [6.07, 6.45) is 2.57. The van der Waals surface area contributed by atoms with Crippen LogP contribution < -0.4 is 4.72 Å². The van der Waals surface area contributed by atoms with Gasteiger partial charge < -0.3 is 0 Å². The molecule has 0 radical (unpaired) electrons. The van der Waals surface area contributed by atoms with Gasteiger partial charge >= 0.3 is 0 Å². The van der Waals surface area contributed by atoms with Crippen LogP contribution in [0.5, 0.6) is 0 Å². The summed E-state index contributed by atoms with van der Waals surface area (Å²) in [5, 5.41) is 0. The second kappa shape index (κ2) is 5.53. The van der Waals surface area contributed by atoms with Crippen molar-refractivity contribution in [2.75, 3.05) is 0 Å². The zero-order valence-electron chi connectivity index (χ0n) is 11.8. The van der Waals surface area contributed by atoms with E-state index < -0.39 is 19.1 Å². The SMILES string of the molecule is CC1(C)CCC(NS(=O)(=O)c2ccc(S(=O)(=O)Cl)cc2)C1. The molecule has 21 heavy (non-hydrogen) atoms. The molecule has 0 bridgehead atoms. The first kappa shape index (κ1) is 16.7. The number of nitrogens with one attached hydrogen (secondary N) is 1. The van der Waals surface area contributed by atoms with E-state index in [0.717, 1.165) is 19.3 Å². The van der Waals surface area contributed by atoms with E-state index in [1.54, 1.807) is 0 Å². The molecule has 1 aliphatic rings. The molecular formula is C13H18ClNO4S2. The Labute approximate surface area is 130 Å². The summed E-state index contributed by atoms with van der Waals surface area (Å²) in [6, 6.07) is 4.79. The van der Waals surface area contributed by atoms with Gasteiger partial charge in [-0.3, -0.25) is 0 Å². The van der Waals surface area contributed by atoms with Gasteiger partial charge in [-0.05, 0) is 48.9 Å². The van der Waals surface area contributed by atoms with Crippen molar-refractivity contribution >= 4 is 29.8 Å². The van der Waals surface area contributed by atoms with Crippen LogP contribution in [0.2, 0.25) is 0 Å². The molecule has 0 saturated heterocycles. The van der Waals surface area contributed by atoms with Gasteiger partial charge in [0.2, 0.25) is 10.0 Å². The molecule has 1 fully saturated rings. The van der Waals surface area contributed by atoms with Gasteiger partial charge in [0.15, 0.2) is 0 Å². The standard InChI is InChI=1S/C13H18ClNO4S2/c1-13(2)8-7-10(9-13)15-21(18,19)12-5-3-11(4-6-12)20(14,16)17/h3-6,10,15H,7-9H2,1-2H3. The van der Waals surface area contributed by atoms with E-state index in [1.807, 2.05) is 0 Å². The van der Waals surface area contributed by atoms with E-state index in [2.05, 4.69) is 18.6 Å². The summed E-state index contributed by atoms with van der Waals surface area (Å²) in [5.74, 6) is 0. The predicted molar refractivity (Wildman–Crippen MR) is 81.2 cm³/mol. The number of benzene rings is 1. The largest absolute Gasteiger partial charge is 0.261 e. The van der Waals surface area contributed by atoms with Crippen molar-refractivity contribution in [1.29, 1.82) is 0 Å². The Morgan fingerprint density at radius 2 is 1.62 bits per heavy atom. The number of halogens is 1. The van der Waals surface area contributed by atoms with Crippen molar-refractivity contribution < 1.29 is 16.8 Å². The molecule has 0 aromatic heterocycles. The molecule has 1 aliphatic carbocycles. The van der Waals surface area contributed by atoms with Crippen LogP contribution in [0, 0.1) is 5.41 Å². The van der Waals surface area contributed by atoms with Crippen LogP contribution in [-0.2, 0) is 19.1 Å². The molecule has 0 spiro atoms. The van der Waals surface area contributed by atoms with E-state index >= 15 is 0 Å². The summed E-state index contributed by atoms with van der Waals surface area (Å²) in [6.45, 7) is 4.23.